The van der Waals surface area contributed by atoms with E-state index in [1.165, 1.54) is 21.3 Å². The van der Waals surface area contributed by atoms with Gasteiger partial charge in [-0.15, -0.1) is 0 Å². The van der Waals surface area contributed by atoms with Crippen molar-refractivity contribution >= 4 is 11.9 Å². The van der Waals surface area contributed by atoms with Gasteiger partial charge in [0.05, 0.1) is 14.2 Å². The minimum Gasteiger partial charge on any atom is -0.469 e. The molecule has 0 saturated carbocycles. The van der Waals surface area contributed by atoms with Crippen molar-refractivity contribution in [2.24, 2.45) is 7.05 Å². The van der Waals surface area contributed by atoms with Crippen LogP contribution in [0.25, 0.3) is 0 Å². The van der Waals surface area contributed by atoms with Crippen LogP contribution in [0.15, 0.2) is 14.4 Å². The van der Waals surface area contributed by atoms with E-state index in [-0.39, 0.29) is 38.8 Å². The second-order valence-corrected chi connectivity index (χ2v) is 5.07. The van der Waals surface area contributed by atoms with E-state index in [2.05, 4.69) is 9.47 Å². The molecule has 0 saturated heterocycles. The number of methoxy groups -OCH3 is 2. The Morgan fingerprint density at radius 1 is 0.792 bits per heavy atom. The largest absolute Gasteiger partial charge is 0.469 e. The lowest BCUT2D eigenvalue weighted by molar-refractivity contribution is -0.141. The van der Waals surface area contributed by atoms with Crippen LogP contribution in [0.5, 0.6) is 0 Å². The third-order valence-corrected chi connectivity index (χ3v) is 3.48. The second kappa shape index (κ2) is 8.85. The van der Waals surface area contributed by atoms with Crippen LogP contribution >= 0.6 is 0 Å². The highest BCUT2D eigenvalue weighted by Gasteiger charge is 2.14. The van der Waals surface area contributed by atoms with Crippen LogP contribution in [0.2, 0.25) is 0 Å². The highest BCUT2D eigenvalue weighted by atomic mass is 16.5. The minimum atomic E-state index is -0.766. The van der Waals surface area contributed by atoms with Crippen molar-refractivity contribution in [2.75, 3.05) is 14.2 Å². The molecule has 1 heterocycles. The molecule has 0 N–H and O–H groups in total. The summed E-state index contributed by atoms with van der Waals surface area (Å²) >= 11 is 0. The molecule has 0 aliphatic carbocycles. The van der Waals surface area contributed by atoms with Crippen molar-refractivity contribution in [3.63, 3.8) is 0 Å². The molecule has 0 amide bonds. The number of rotatable bonds is 8. The zero-order chi connectivity index (χ0) is 18.3. The van der Waals surface area contributed by atoms with Crippen molar-refractivity contribution in [3.8, 4) is 0 Å². The van der Waals surface area contributed by atoms with Crippen LogP contribution in [0.4, 0.5) is 0 Å². The topological polar surface area (TPSA) is 119 Å². The Bertz CT molecular complexity index is 712. The maximum atomic E-state index is 12.3. The van der Waals surface area contributed by atoms with Crippen molar-refractivity contribution in [1.29, 1.82) is 0 Å². The number of hydrogen-bond acceptors (Lipinski definition) is 7. The van der Waals surface area contributed by atoms with Crippen molar-refractivity contribution in [1.82, 2.24) is 13.7 Å². The lowest BCUT2D eigenvalue weighted by Crippen LogP contribution is -2.53. The van der Waals surface area contributed by atoms with Gasteiger partial charge < -0.3 is 9.47 Å². The van der Waals surface area contributed by atoms with Crippen LogP contribution in [-0.4, -0.2) is 39.9 Å². The lowest BCUT2D eigenvalue weighted by atomic mass is 10.3. The number of esters is 2. The second-order valence-electron chi connectivity index (χ2n) is 5.07. The Kier molecular flexibility index (Phi) is 7.15. The molecule has 10 nitrogen and oxygen atoms in total. The first-order valence-corrected chi connectivity index (χ1v) is 7.37. The Balaban J connectivity index is 3.02. The molecule has 0 atom stereocenters. The highest BCUT2D eigenvalue weighted by molar-refractivity contribution is 5.69. The molecule has 0 bridgehead atoms. The fraction of sp³-hybridized carbons (Fsp3) is 0.643. The smallest absolute Gasteiger partial charge is 0.336 e. The summed E-state index contributed by atoms with van der Waals surface area (Å²) in [4.78, 5) is 58.7. The molecule has 0 unspecified atom stereocenters. The third-order valence-electron chi connectivity index (χ3n) is 3.48. The summed E-state index contributed by atoms with van der Waals surface area (Å²) in [5.74, 6) is -0.905. The number of hydrogen-bond donors (Lipinski definition) is 0. The Labute approximate surface area is 137 Å². The summed E-state index contributed by atoms with van der Waals surface area (Å²) < 4.78 is 11.6. The first-order valence-electron chi connectivity index (χ1n) is 7.37. The maximum absolute atomic E-state index is 12.3. The number of aromatic nitrogens is 3. The average molecular weight is 343 g/mol. The number of nitrogens with zero attached hydrogens (tertiary/aromatic N) is 3. The quantitative estimate of drug-likeness (QED) is 0.533. The van der Waals surface area contributed by atoms with Gasteiger partial charge in [0.1, 0.15) is 0 Å². The first kappa shape index (κ1) is 19.4. The molecule has 0 aliphatic rings. The molecular formula is C14H21N3O7. The Hall–Kier alpha value is -2.65. The highest BCUT2D eigenvalue weighted by Crippen LogP contribution is 1.95. The first-order chi connectivity index (χ1) is 11.3. The maximum Gasteiger partial charge on any atom is 0.336 e. The predicted molar refractivity (Wildman–Crippen MR) is 82.7 cm³/mol. The third kappa shape index (κ3) is 4.67. The lowest BCUT2D eigenvalue weighted by Gasteiger charge is -2.11. The van der Waals surface area contributed by atoms with Crippen LogP contribution in [0.3, 0.4) is 0 Å². The summed E-state index contributed by atoms with van der Waals surface area (Å²) in [6.07, 6.45) is 0.547. The van der Waals surface area contributed by atoms with Crippen molar-refractivity contribution in [3.05, 3.63) is 31.5 Å². The molecule has 1 aromatic rings. The predicted octanol–water partition coefficient (Wildman–Crippen LogP) is -1.38. The van der Waals surface area contributed by atoms with Gasteiger partial charge in [-0.25, -0.2) is 28.1 Å². The molecule has 134 valence electrons. The van der Waals surface area contributed by atoms with Gasteiger partial charge in [-0.3, -0.25) is 9.59 Å². The summed E-state index contributed by atoms with van der Waals surface area (Å²) in [5, 5.41) is 0. The van der Waals surface area contributed by atoms with E-state index in [1.54, 1.807) is 0 Å². The summed E-state index contributed by atoms with van der Waals surface area (Å²) in [5.41, 5.74) is -2.27. The number of ether oxygens (including phenoxy) is 2. The molecule has 0 aromatic carbocycles. The van der Waals surface area contributed by atoms with Gasteiger partial charge in [0.15, 0.2) is 0 Å². The van der Waals surface area contributed by atoms with E-state index < -0.39 is 29.0 Å². The van der Waals surface area contributed by atoms with Gasteiger partial charge in [-0.05, 0) is 12.8 Å². The molecule has 0 aliphatic heterocycles. The Morgan fingerprint density at radius 3 is 1.50 bits per heavy atom. The van der Waals surface area contributed by atoms with E-state index in [0.717, 1.165) is 13.7 Å². The van der Waals surface area contributed by atoms with Crippen LogP contribution in [0.1, 0.15) is 25.7 Å². The minimum absolute atomic E-state index is 0.0160. The average Bonchev–Trinajstić information content (AvgIpc) is 2.58. The zero-order valence-electron chi connectivity index (χ0n) is 13.9. The van der Waals surface area contributed by atoms with Crippen molar-refractivity contribution in [2.45, 2.75) is 38.8 Å². The fourth-order valence-corrected chi connectivity index (χ4v) is 2.10. The SMILES string of the molecule is COC(=O)CCCn1c(=O)n(C)c(=O)n(CCCC(=O)OC)c1=O. The molecule has 1 rings (SSSR count). The van der Waals surface area contributed by atoms with Gasteiger partial charge in [0.2, 0.25) is 0 Å². The molecule has 1 aromatic heterocycles. The van der Waals surface area contributed by atoms with Gasteiger partial charge in [-0.2, -0.15) is 0 Å². The summed E-state index contributed by atoms with van der Waals surface area (Å²) in [6.45, 7) is -0.0320. The van der Waals surface area contributed by atoms with Gasteiger partial charge in [0, 0.05) is 33.0 Å². The molecule has 0 fully saturated rings. The van der Waals surface area contributed by atoms with Gasteiger partial charge >= 0.3 is 29.0 Å². The van der Waals surface area contributed by atoms with E-state index in [0.29, 0.717) is 0 Å². The zero-order valence-corrected chi connectivity index (χ0v) is 13.9. The van der Waals surface area contributed by atoms with E-state index in [1.807, 2.05) is 0 Å². The molecule has 0 radical (unpaired) electrons. The van der Waals surface area contributed by atoms with Crippen LogP contribution in [0, 0.1) is 0 Å². The fourth-order valence-electron chi connectivity index (χ4n) is 2.10. The molecular weight excluding hydrogens is 322 g/mol. The number of carbonyl (C=O) groups excluding carboxylic acids is 2. The number of carbonyl (C=O) groups is 2. The summed E-state index contributed by atoms with van der Waals surface area (Å²) in [7, 11) is 3.75. The van der Waals surface area contributed by atoms with Crippen LogP contribution in [-0.2, 0) is 39.2 Å². The van der Waals surface area contributed by atoms with E-state index >= 15 is 0 Å². The summed E-state index contributed by atoms with van der Waals surface area (Å²) in [6, 6.07) is 0. The monoisotopic (exact) mass is 343 g/mol. The standard InChI is InChI=1S/C14H21N3O7/c1-15-12(20)16(8-4-6-10(18)23-2)14(22)17(13(15)21)9-5-7-11(19)24-3/h4-9H2,1-3H3. The van der Waals surface area contributed by atoms with Crippen molar-refractivity contribution < 1.29 is 19.1 Å². The normalized spacial score (nSPS) is 10.5. The molecule has 24 heavy (non-hydrogen) atoms. The van der Waals surface area contributed by atoms with Crippen LogP contribution < -0.4 is 17.1 Å². The van der Waals surface area contributed by atoms with E-state index in [9.17, 15) is 24.0 Å². The van der Waals surface area contributed by atoms with Gasteiger partial charge in [0.25, 0.3) is 0 Å². The van der Waals surface area contributed by atoms with E-state index in [4.69, 9.17) is 0 Å². The molecule has 10 heteroatoms. The molecule has 0 spiro atoms. The van der Waals surface area contributed by atoms with Gasteiger partial charge in [-0.1, -0.05) is 0 Å². The Morgan fingerprint density at radius 2 is 1.17 bits per heavy atom.